The minimum atomic E-state index is -1.73. The highest BCUT2D eigenvalue weighted by molar-refractivity contribution is 7.45. The van der Waals surface area contributed by atoms with Gasteiger partial charge in [-0.25, -0.2) is 4.67 Å². The summed E-state index contributed by atoms with van der Waals surface area (Å²) < 4.78 is 134. The Bertz CT molecular complexity index is 3800. The number of nitriles is 1. The molecule has 47 nitrogen and oxygen atoms in total. The molecule has 3 fully saturated rings. The highest BCUT2D eigenvalue weighted by Gasteiger charge is 2.56. The van der Waals surface area contributed by atoms with Crippen LogP contribution < -0.4 is 36.4 Å². The first kappa shape index (κ1) is 114. The molecule has 3 aliphatic rings. The second-order valence-corrected chi connectivity index (χ2v) is 31.8. The van der Waals surface area contributed by atoms with Crippen molar-refractivity contribution in [3.8, 4) is 11.8 Å². The number of rotatable bonds is 62. The van der Waals surface area contributed by atoms with E-state index in [1.807, 2.05) is 32.4 Å². The third-order valence-electron chi connectivity index (χ3n) is 18.5. The Kier molecular flexibility index (Phi) is 53.8. The van der Waals surface area contributed by atoms with E-state index in [-0.39, 0.29) is 163 Å². The number of ether oxygens (including phenoxy) is 21. The van der Waals surface area contributed by atoms with E-state index in [0.29, 0.717) is 11.3 Å². The number of nitrogens with zero attached hydrogens (tertiary/aromatic N) is 3. The summed E-state index contributed by atoms with van der Waals surface area (Å²) >= 11 is 0. The normalized spacial score (nSPS) is 22.1. The summed E-state index contributed by atoms with van der Waals surface area (Å²) in [5, 5.41) is 25.7. The van der Waals surface area contributed by atoms with Crippen LogP contribution in [0.15, 0.2) is 24.3 Å². The van der Waals surface area contributed by atoms with E-state index in [2.05, 4.69) is 38.0 Å². The number of benzene rings is 1. The van der Waals surface area contributed by atoms with Crippen LogP contribution in [-0.2, 0) is 182 Å². The largest absolute Gasteiger partial charge is 0.463 e. The molecule has 48 heteroatoms. The number of carbonyl (C=O) groups excluding carboxylic acids is 15. The van der Waals surface area contributed by atoms with E-state index in [4.69, 9.17) is 109 Å². The van der Waals surface area contributed by atoms with Gasteiger partial charge in [-0.2, -0.15) is 5.26 Å². The number of nitrogens with one attached hydrogen (secondary N) is 6. The average molecular weight is 1890 g/mol. The molecule has 0 radical (unpaired) electrons. The minimum absolute atomic E-state index is 0.00230. The van der Waals surface area contributed by atoms with Gasteiger partial charge in [0.15, 0.2) is 48.9 Å². The van der Waals surface area contributed by atoms with E-state index in [1.54, 1.807) is 24.3 Å². The van der Waals surface area contributed by atoms with Crippen molar-refractivity contribution in [2.45, 2.75) is 233 Å². The lowest BCUT2D eigenvalue weighted by Gasteiger charge is -2.48. The summed E-state index contributed by atoms with van der Waals surface area (Å²) in [4.78, 5) is 191. The minimum Gasteiger partial charge on any atom is -0.463 e. The first-order valence-corrected chi connectivity index (χ1v) is 43.8. The van der Waals surface area contributed by atoms with Crippen LogP contribution in [0, 0.1) is 11.3 Å². The molecule has 0 aliphatic carbocycles. The fraction of sp³-hybridized carbons (Fsp3) is 0.735. The molecule has 16 atom stereocenters. The second kappa shape index (κ2) is 62.0. The molecule has 4 rings (SSSR count). The SMILES string of the molecule is CC(=O)NC1C(OCCOCCOCCNC(=O)CN(CC(=O)NCCOCCOCCOC2OC(COC(C)=O)CC(COC(C)=O)(OC(C)=O)C2NC(C)=O)C(Cc2ccc(OP(OCCC#N)N(C(C)C)C(C)C)cc2)C(=O)NCCOCCOCCOC2OC(COC(C)=O)C(OC(C)=O)C(OC(C)=O)C2NC(C)=O)OC(COC(C)=O)C(OC(C)=O)C1OC(C)=O. The molecule has 1 aromatic carbocycles. The zero-order valence-corrected chi connectivity index (χ0v) is 78.0. The molecule has 3 aliphatic heterocycles. The van der Waals surface area contributed by atoms with Crippen LogP contribution in [0.25, 0.3) is 0 Å². The Morgan fingerprint density at radius 2 is 0.840 bits per heavy atom. The molecule has 0 aromatic heterocycles. The number of amides is 6. The van der Waals surface area contributed by atoms with Crippen molar-refractivity contribution in [1.29, 1.82) is 5.26 Å². The monoisotopic (exact) mass is 1890 g/mol. The topological polar surface area (TPSA) is 571 Å². The number of carbonyl (C=O) groups is 15. The van der Waals surface area contributed by atoms with Gasteiger partial charge in [-0.15, -0.1) is 0 Å². The van der Waals surface area contributed by atoms with Crippen LogP contribution in [0.5, 0.6) is 5.75 Å². The number of esters is 9. The quantitative estimate of drug-likeness (QED) is 0.0205. The van der Waals surface area contributed by atoms with Crippen molar-refractivity contribution >= 4 is 97.7 Å². The number of hydrogen-bond acceptors (Lipinski definition) is 41. The van der Waals surface area contributed by atoms with Crippen LogP contribution >= 0.6 is 8.53 Å². The molecule has 16 unspecified atom stereocenters. The Morgan fingerprint density at radius 1 is 0.450 bits per heavy atom. The summed E-state index contributed by atoms with van der Waals surface area (Å²) in [7, 11) is -1.73. The first-order chi connectivity index (χ1) is 62.2. The van der Waals surface area contributed by atoms with Crippen LogP contribution in [0.1, 0.15) is 129 Å². The van der Waals surface area contributed by atoms with Crippen molar-refractivity contribution in [3.05, 3.63) is 29.8 Å². The molecule has 0 spiro atoms. The maximum absolute atomic E-state index is 14.9. The van der Waals surface area contributed by atoms with Gasteiger partial charge in [0.2, 0.25) is 35.4 Å². The van der Waals surface area contributed by atoms with Crippen LogP contribution in [-0.4, -0.2) is 367 Å². The van der Waals surface area contributed by atoms with Gasteiger partial charge in [0, 0.05) is 121 Å². The Hall–Kier alpha value is -9.61. The van der Waals surface area contributed by atoms with Crippen LogP contribution in [0.2, 0.25) is 0 Å². The smallest absolute Gasteiger partial charge is 0.321 e. The molecule has 6 N–H and O–H groups in total. The summed E-state index contributed by atoms with van der Waals surface area (Å²) in [6.45, 7) is 17.9. The zero-order valence-electron chi connectivity index (χ0n) is 77.1. The third kappa shape index (κ3) is 45.1. The predicted molar refractivity (Wildman–Crippen MR) is 450 cm³/mol. The van der Waals surface area contributed by atoms with Gasteiger partial charge in [-0.05, 0) is 51.8 Å². The van der Waals surface area contributed by atoms with Crippen molar-refractivity contribution in [1.82, 2.24) is 41.5 Å². The molecule has 0 saturated carbocycles. The molecule has 1 aromatic rings. The molecule has 0 bridgehead atoms. The van der Waals surface area contributed by atoms with Gasteiger partial charge in [-0.1, -0.05) is 12.1 Å². The molecule has 131 heavy (non-hydrogen) atoms. The van der Waals surface area contributed by atoms with Crippen LogP contribution in [0.3, 0.4) is 0 Å². The van der Waals surface area contributed by atoms with Crippen molar-refractivity contribution in [2.24, 2.45) is 0 Å². The third-order valence-corrected chi connectivity index (χ3v) is 20.6. The van der Waals surface area contributed by atoms with Crippen molar-refractivity contribution in [2.75, 3.05) is 165 Å². The predicted octanol–water partition coefficient (Wildman–Crippen LogP) is -0.588. The standard InChI is InChI=1S/C83H130N9O38P/c1-50(2)92(51(3)4)131(121-26-17-22-84)130-65-20-18-64(19-21-65)42-67(79(107)87-25-29-110-32-35-112-37-40-115-81-73(89-53(6)94)77(125-62(15)103)75(123-60(13)101)69(128-81)48-119-57(10)98)91(44-70(105)85-23-27-108-30-33-111-36-39-114-80-72(88-52(5)93)76(124-61(14)102)74(122-59(12)100)68(127-80)47-118-56(9)97)45-71(106)86-24-28-109-31-34-113-38-41-116-82-78(90-54(7)95)83(129-63(16)104,49-120-58(11)99)43-66(126-82)46-117-55(8)96/h18-21,50-51,66-69,72-78,80-82H,17,23-49H2,1-16H3,(H,85,105)(H,86,106)(H,87,107)(H,88,93)(H,89,94)(H,90,95). The lowest BCUT2D eigenvalue weighted by molar-refractivity contribution is -0.279. The lowest BCUT2D eigenvalue weighted by Crippen LogP contribution is -2.68. The molecule has 3 saturated heterocycles. The highest BCUT2D eigenvalue weighted by atomic mass is 31.2. The summed E-state index contributed by atoms with van der Waals surface area (Å²) in [6.07, 6.45) is -12.9. The highest BCUT2D eigenvalue weighted by Crippen LogP contribution is 2.47. The van der Waals surface area contributed by atoms with E-state index in [0.717, 1.165) is 55.4 Å². The summed E-state index contributed by atoms with van der Waals surface area (Å²) in [6, 6.07) is 3.90. The summed E-state index contributed by atoms with van der Waals surface area (Å²) in [5.74, 6) is -9.87. The first-order valence-electron chi connectivity index (χ1n) is 42.6. The van der Waals surface area contributed by atoms with Gasteiger partial charge >= 0.3 is 62.2 Å². The van der Waals surface area contributed by atoms with E-state index >= 15 is 0 Å². The second-order valence-electron chi connectivity index (χ2n) is 30.4. The van der Waals surface area contributed by atoms with Gasteiger partial charge in [0.25, 0.3) is 0 Å². The van der Waals surface area contributed by atoms with Gasteiger partial charge in [0.05, 0.1) is 143 Å². The van der Waals surface area contributed by atoms with E-state index in [9.17, 15) is 77.2 Å². The zero-order chi connectivity index (χ0) is 97.1. The molecular weight excluding hydrogens is 1760 g/mol. The lowest BCUT2D eigenvalue weighted by atomic mass is 9.85. The maximum atomic E-state index is 14.9. The molecular formula is C83H130N9O38P. The van der Waals surface area contributed by atoms with Crippen molar-refractivity contribution < 1.29 is 180 Å². The number of hydrogen-bond donors (Lipinski definition) is 6. The maximum Gasteiger partial charge on any atom is 0.321 e. The van der Waals surface area contributed by atoms with E-state index in [1.165, 1.54) is 32.6 Å². The van der Waals surface area contributed by atoms with Gasteiger partial charge in [-0.3, -0.25) is 76.8 Å². The van der Waals surface area contributed by atoms with Crippen LogP contribution in [0.4, 0.5) is 0 Å². The fourth-order valence-electron chi connectivity index (χ4n) is 13.6. The van der Waals surface area contributed by atoms with Gasteiger partial charge in [0.1, 0.15) is 62.5 Å². The van der Waals surface area contributed by atoms with E-state index < -0.39 is 222 Å². The Balaban J connectivity index is 1.53. The Morgan fingerprint density at radius 3 is 1.23 bits per heavy atom. The molecule has 3 heterocycles. The molecule has 740 valence electrons. The average Bonchev–Trinajstić information content (AvgIpc) is 0.765. The molecule has 6 amide bonds. The summed E-state index contributed by atoms with van der Waals surface area (Å²) in [5.41, 5.74) is -1.17. The Labute approximate surface area is 761 Å². The van der Waals surface area contributed by atoms with Crippen molar-refractivity contribution in [3.63, 3.8) is 0 Å². The van der Waals surface area contributed by atoms with Gasteiger partial charge < -0.3 is 140 Å². The fourth-order valence-corrected chi connectivity index (χ4v) is 15.1.